The van der Waals surface area contributed by atoms with Crippen LogP contribution in [-0.2, 0) is 20.7 Å². The summed E-state index contributed by atoms with van der Waals surface area (Å²) in [5, 5.41) is 5.91. The minimum atomic E-state index is 0.0221. The molecule has 26 heavy (non-hydrogen) atoms. The molecule has 0 saturated heterocycles. The van der Waals surface area contributed by atoms with Crippen LogP contribution in [0.1, 0.15) is 31.2 Å². The zero-order valence-electron chi connectivity index (χ0n) is 15.8. The Morgan fingerprint density at radius 3 is 1.96 bits per heavy atom. The molecule has 6 nitrogen and oxygen atoms in total. The molecule has 0 radical (unpaired) electrons. The van der Waals surface area contributed by atoms with Crippen LogP contribution in [0.25, 0.3) is 0 Å². The van der Waals surface area contributed by atoms with E-state index < -0.39 is 0 Å². The zero-order valence-corrected chi connectivity index (χ0v) is 15.8. The molecular formula is C20H30N2O4. The van der Waals surface area contributed by atoms with Crippen molar-refractivity contribution in [3.05, 3.63) is 29.8 Å². The molecule has 0 atom stereocenters. The van der Waals surface area contributed by atoms with Gasteiger partial charge >= 0.3 is 0 Å². The van der Waals surface area contributed by atoms with Crippen LogP contribution in [0.15, 0.2) is 24.3 Å². The fraction of sp³-hybridized carbons (Fsp3) is 0.600. The van der Waals surface area contributed by atoms with Gasteiger partial charge in [0, 0.05) is 32.0 Å². The third-order valence-corrected chi connectivity index (χ3v) is 4.95. The van der Waals surface area contributed by atoms with Crippen molar-refractivity contribution in [1.29, 1.82) is 0 Å². The van der Waals surface area contributed by atoms with Gasteiger partial charge in [-0.05, 0) is 49.8 Å². The second-order valence-corrected chi connectivity index (χ2v) is 6.72. The van der Waals surface area contributed by atoms with Gasteiger partial charge in [-0.25, -0.2) is 0 Å². The van der Waals surface area contributed by atoms with Crippen LogP contribution < -0.4 is 15.4 Å². The smallest absolute Gasteiger partial charge is 0.223 e. The van der Waals surface area contributed by atoms with Crippen molar-refractivity contribution >= 4 is 11.8 Å². The summed E-state index contributed by atoms with van der Waals surface area (Å²) < 4.78 is 10.1. The molecule has 1 aromatic carbocycles. The number of nitrogens with one attached hydrogen (secondary N) is 2. The Morgan fingerprint density at radius 2 is 1.46 bits per heavy atom. The van der Waals surface area contributed by atoms with Gasteiger partial charge in [-0.3, -0.25) is 9.59 Å². The topological polar surface area (TPSA) is 76.7 Å². The largest absolute Gasteiger partial charge is 0.497 e. The number of hydrogen-bond acceptors (Lipinski definition) is 4. The third-order valence-electron chi connectivity index (χ3n) is 4.95. The molecule has 1 fully saturated rings. The molecule has 2 amide bonds. The number of hydrogen-bond donors (Lipinski definition) is 2. The van der Waals surface area contributed by atoms with Crippen molar-refractivity contribution in [3.8, 4) is 5.75 Å². The van der Waals surface area contributed by atoms with E-state index in [0.29, 0.717) is 19.7 Å². The predicted octanol–water partition coefficient (Wildman–Crippen LogP) is 1.92. The summed E-state index contributed by atoms with van der Waals surface area (Å²) in [6, 6.07) is 7.88. The van der Waals surface area contributed by atoms with Crippen molar-refractivity contribution in [2.75, 3.05) is 33.9 Å². The molecule has 0 spiro atoms. The van der Waals surface area contributed by atoms with Crippen LogP contribution in [0.3, 0.4) is 0 Å². The van der Waals surface area contributed by atoms with E-state index in [0.717, 1.165) is 37.9 Å². The maximum absolute atomic E-state index is 12.3. The van der Waals surface area contributed by atoms with E-state index in [2.05, 4.69) is 10.6 Å². The van der Waals surface area contributed by atoms with Crippen LogP contribution in [0.4, 0.5) is 0 Å². The number of carbonyl (C=O) groups is 2. The average molecular weight is 362 g/mol. The molecule has 0 aliphatic heterocycles. The van der Waals surface area contributed by atoms with Crippen LogP contribution >= 0.6 is 0 Å². The Balaban J connectivity index is 1.65. The van der Waals surface area contributed by atoms with Gasteiger partial charge < -0.3 is 20.1 Å². The van der Waals surface area contributed by atoms with Crippen molar-refractivity contribution in [2.24, 2.45) is 11.8 Å². The molecule has 0 aromatic heterocycles. The first-order valence-electron chi connectivity index (χ1n) is 9.31. The summed E-state index contributed by atoms with van der Waals surface area (Å²) in [5.41, 5.74) is 1.17. The Kier molecular flexibility index (Phi) is 8.41. The molecular weight excluding hydrogens is 332 g/mol. The Bertz CT molecular complexity index is 566. The molecule has 2 N–H and O–H groups in total. The zero-order chi connectivity index (χ0) is 18.8. The number of benzene rings is 1. The van der Waals surface area contributed by atoms with E-state index in [1.54, 1.807) is 14.2 Å². The standard InChI is InChI=1S/C20H30N2O4/c1-25-14-13-22-20(24)17-7-5-16(6-8-17)19(23)21-12-11-15-3-9-18(26-2)10-4-15/h3-4,9-10,16-17H,5-8,11-14H2,1-2H3,(H,21,23)(H,22,24). The second kappa shape index (κ2) is 10.8. The molecule has 1 aromatic rings. The van der Waals surface area contributed by atoms with E-state index >= 15 is 0 Å². The summed E-state index contributed by atoms with van der Waals surface area (Å²) in [7, 11) is 3.26. The molecule has 0 unspecified atom stereocenters. The van der Waals surface area contributed by atoms with Crippen LogP contribution in [0.5, 0.6) is 5.75 Å². The summed E-state index contributed by atoms with van der Waals surface area (Å²) in [6.45, 7) is 1.70. The first-order valence-corrected chi connectivity index (χ1v) is 9.31. The lowest BCUT2D eigenvalue weighted by atomic mass is 9.81. The van der Waals surface area contributed by atoms with Gasteiger partial charge in [0.25, 0.3) is 0 Å². The molecule has 6 heteroatoms. The third kappa shape index (κ3) is 6.33. The highest BCUT2D eigenvalue weighted by Crippen LogP contribution is 2.29. The molecule has 144 valence electrons. The van der Waals surface area contributed by atoms with E-state index in [1.807, 2.05) is 24.3 Å². The van der Waals surface area contributed by atoms with E-state index in [-0.39, 0.29) is 23.7 Å². The number of carbonyl (C=O) groups excluding carboxylic acids is 2. The molecule has 1 aliphatic rings. The minimum Gasteiger partial charge on any atom is -0.497 e. The molecule has 1 aliphatic carbocycles. The Labute approximate surface area is 155 Å². The minimum absolute atomic E-state index is 0.0221. The van der Waals surface area contributed by atoms with E-state index in [1.165, 1.54) is 5.56 Å². The molecule has 1 saturated carbocycles. The van der Waals surface area contributed by atoms with Crippen LogP contribution in [0.2, 0.25) is 0 Å². The normalized spacial score (nSPS) is 19.6. The van der Waals surface area contributed by atoms with Crippen molar-refractivity contribution in [2.45, 2.75) is 32.1 Å². The van der Waals surface area contributed by atoms with Crippen LogP contribution in [-0.4, -0.2) is 45.7 Å². The summed E-state index contributed by atoms with van der Waals surface area (Å²) in [5.74, 6) is 1.07. The summed E-state index contributed by atoms with van der Waals surface area (Å²) in [4.78, 5) is 24.4. The van der Waals surface area contributed by atoms with Gasteiger partial charge in [0.1, 0.15) is 5.75 Å². The quantitative estimate of drug-likeness (QED) is 0.658. The van der Waals surface area contributed by atoms with Gasteiger partial charge in [-0.1, -0.05) is 12.1 Å². The van der Waals surface area contributed by atoms with Gasteiger partial charge in [-0.15, -0.1) is 0 Å². The van der Waals surface area contributed by atoms with E-state index in [4.69, 9.17) is 9.47 Å². The Morgan fingerprint density at radius 1 is 0.923 bits per heavy atom. The number of rotatable bonds is 9. The summed E-state index contributed by atoms with van der Waals surface area (Å²) in [6.07, 6.45) is 3.89. The fourth-order valence-corrected chi connectivity index (χ4v) is 3.30. The molecule has 0 bridgehead atoms. The highest BCUT2D eigenvalue weighted by Gasteiger charge is 2.29. The highest BCUT2D eigenvalue weighted by molar-refractivity contribution is 5.81. The van der Waals surface area contributed by atoms with Crippen molar-refractivity contribution in [1.82, 2.24) is 10.6 Å². The number of methoxy groups -OCH3 is 2. The second-order valence-electron chi connectivity index (χ2n) is 6.72. The van der Waals surface area contributed by atoms with E-state index in [9.17, 15) is 9.59 Å². The predicted molar refractivity (Wildman–Crippen MR) is 100 cm³/mol. The monoisotopic (exact) mass is 362 g/mol. The maximum atomic E-state index is 12.3. The van der Waals surface area contributed by atoms with Gasteiger partial charge in [0.15, 0.2) is 0 Å². The summed E-state index contributed by atoms with van der Waals surface area (Å²) >= 11 is 0. The van der Waals surface area contributed by atoms with Crippen molar-refractivity contribution in [3.63, 3.8) is 0 Å². The van der Waals surface area contributed by atoms with Gasteiger partial charge in [0.2, 0.25) is 11.8 Å². The number of amides is 2. The average Bonchev–Trinajstić information content (AvgIpc) is 2.68. The number of ether oxygens (including phenoxy) is 2. The lowest BCUT2D eigenvalue weighted by Gasteiger charge is -2.27. The van der Waals surface area contributed by atoms with Gasteiger partial charge in [0.05, 0.1) is 13.7 Å². The Hall–Kier alpha value is -2.08. The first kappa shape index (κ1) is 20.2. The fourth-order valence-electron chi connectivity index (χ4n) is 3.30. The SMILES string of the molecule is COCCNC(=O)C1CCC(C(=O)NCCc2ccc(OC)cc2)CC1. The lowest BCUT2D eigenvalue weighted by molar-refractivity contribution is -0.130. The van der Waals surface area contributed by atoms with Crippen molar-refractivity contribution < 1.29 is 19.1 Å². The van der Waals surface area contributed by atoms with Crippen LogP contribution in [0, 0.1) is 11.8 Å². The van der Waals surface area contributed by atoms with Gasteiger partial charge in [-0.2, -0.15) is 0 Å². The highest BCUT2D eigenvalue weighted by atomic mass is 16.5. The maximum Gasteiger partial charge on any atom is 0.223 e. The molecule has 2 rings (SSSR count). The molecule has 0 heterocycles. The first-order chi connectivity index (χ1) is 12.6. The lowest BCUT2D eigenvalue weighted by Crippen LogP contribution is -2.38.